The Morgan fingerprint density at radius 2 is 2.05 bits per heavy atom. The topological polar surface area (TPSA) is 38.3 Å². The molecule has 0 radical (unpaired) electrons. The standard InChI is InChI=1S/C13H15F2NO2S/c14-11-6-5-10(7-12(11)15)19-8-13(17)16-18-9-3-1-2-4-9/h5-7,9H,1-4,8H2,(H,16,17). The Hall–Kier alpha value is -1.14. The van der Waals surface area contributed by atoms with E-state index < -0.39 is 11.6 Å². The number of halogens is 2. The highest BCUT2D eigenvalue weighted by Crippen LogP contribution is 2.21. The number of carbonyl (C=O) groups excluding carboxylic acids is 1. The molecule has 0 bridgehead atoms. The second kappa shape index (κ2) is 6.86. The van der Waals surface area contributed by atoms with Crippen LogP contribution in [0.4, 0.5) is 8.78 Å². The van der Waals surface area contributed by atoms with Gasteiger partial charge in [-0.05, 0) is 31.0 Å². The fourth-order valence-electron chi connectivity index (χ4n) is 1.90. The fourth-order valence-corrected chi connectivity index (χ4v) is 2.61. The summed E-state index contributed by atoms with van der Waals surface area (Å²) in [5.41, 5.74) is 2.39. The van der Waals surface area contributed by atoms with E-state index in [9.17, 15) is 13.6 Å². The third-order valence-corrected chi connectivity index (χ3v) is 3.90. The number of hydrogen-bond donors (Lipinski definition) is 1. The van der Waals surface area contributed by atoms with Crippen LogP contribution < -0.4 is 5.48 Å². The van der Waals surface area contributed by atoms with Crippen LogP contribution in [0.1, 0.15) is 25.7 Å². The van der Waals surface area contributed by atoms with E-state index in [-0.39, 0.29) is 17.8 Å². The predicted molar refractivity (Wildman–Crippen MR) is 68.6 cm³/mol. The van der Waals surface area contributed by atoms with E-state index in [1.54, 1.807) is 0 Å². The first-order chi connectivity index (χ1) is 9.15. The van der Waals surface area contributed by atoms with Crippen LogP contribution in [0.25, 0.3) is 0 Å². The molecule has 1 aliphatic carbocycles. The van der Waals surface area contributed by atoms with Crippen molar-refractivity contribution in [3.63, 3.8) is 0 Å². The SMILES string of the molecule is O=C(CSc1ccc(F)c(F)c1)NOC1CCCC1. The van der Waals surface area contributed by atoms with Crippen LogP contribution in [0.15, 0.2) is 23.1 Å². The van der Waals surface area contributed by atoms with E-state index in [4.69, 9.17) is 4.84 Å². The molecule has 1 fully saturated rings. The Balaban J connectivity index is 1.71. The molecule has 104 valence electrons. The first kappa shape index (κ1) is 14.3. The van der Waals surface area contributed by atoms with Crippen molar-refractivity contribution in [2.24, 2.45) is 0 Å². The first-order valence-electron chi connectivity index (χ1n) is 6.17. The molecule has 0 saturated heterocycles. The summed E-state index contributed by atoms with van der Waals surface area (Å²) in [6.45, 7) is 0. The lowest BCUT2D eigenvalue weighted by atomic mass is 10.3. The van der Waals surface area contributed by atoms with Crippen LogP contribution >= 0.6 is 11.8 Å². The minimum absolute atomic E-state index is 0.109. The van der Waals surface area contributed by atoms with Gasteiger partial charge in [-0.15, -0.1) is 11.8 Å². The minimum Gasteiger partial charge on any atom is -0.272 e. The molecule has 1 N–H and O–H groups in total. The van der Waals surface area contributed by atoms with Crippen molar-refractivity contribution in [1.82, 2.24) is 5.48 Å². The molecule has 0 atom stereocenters. The van der Waals surface area contributed by atoms with E-state index in [0.717, 1.165) is 49.6 Å². The van der Waals surface area contributed by atoms with Gasteiger partial charge in [-0.3, -0.25) is 9.63 Å². The maximum atomic E-state index is 12.9. The molecule has 0 heterocycles. The predicted octanol–water partition coefficient (Wildman–Crippen LogP) is 3.05. The summed E-state index contributed by atoms with van der Waals surface area (Å²) in [6, 6.07) is 3.56. The lowest BCUT2D eigenvalue weighted by Crippen LogP contribution is -2.29. The van der Waals surface area contributed by atoms with Gasteiger partial charge in [0.15, 0.2) is 11.6 Å². The van der Waals surface area contributed by atoms with Crippen molar-refractivity contribution >= 4 is 17.7 Å². The minimum atomic E-state index is -0.910. The van der Waals surface area contributed by atoms with Gasteiger partial charge in [-0.2, -0.15) is 0 Å². The highest BCUT2D eigenvalue weighted by atomic mass is 32.2. The molecule has 0 aromatic heterocycles. The van der Waals surface area contributed by atoms with Crippen molar-refractivity contribution in [3.8, 4) is 0 Å². The summed E-state index contributed by atoms with van der Waals surface area (Å²) in [4.78, 5) is 17.3. The zero-order valence-corrected chi connectivity index (χ0v) is 11.1. The van der Waals surface area contributed by atoms with Gasteiger partial charge >= 0.3 is 0 Å². The highest BCUT2D eigenvalue weighted by Gasteiger charge is 2.16. The molecule has 0 spiro atoms. The number of nitrogens with one attached hydrogen (secondary N) is 1. The number of hydroxylamine groups is 1. The van der Waals surface area contributed by atoms with Crippen LogP contribution in [0, 0.1) is 11.6 Å². The molecular weight excluding hydrogens is 272 g/mol. The number of amides is 1. The van der Waals surface area contributed by atoms with Crippen LogP contribution in [0.3, 0.4) is 0 Å². The van der Waals surface area contributed by atoms with Crippen molar-refractivity contribution in [2.75, 3.05) is 5.75 Å². The van der Waals surface area contributed by atoms with E-state index >= 15 is 0 Å². The van der Waals surface area contributed by atoms with E-state index in [2.05, 4.69) is 5.48 Å². The van der Waals surface area contributed by atoms with Crippen molar-refractivity contribution in [3.05, 3.63) is 29.8 Å². The molecule has 0 aliphatic heterocycles. The Morgan fingerprint density at radius 1 is 1.32 bits per heavy atom. The van der Waals surface area contributed by atoms with Gasteiger partial charge in [-0.25, -0.2) is 14.3 Å². The maximum absolute atomic E-state index is 12.9. The Morgan fingerprint density at radius 3 is 2.74 bits per heavy atom. The van der Waals surface area contributed by atoms with Gasteiger partial charge in [0.2, 0.25) is 0 Å². The largest absolute Gasteiger partial charge is 0.272 e. The van der Waals surface area contributed by atoms with Gasteiger partial charge in [0.1, 0.15) is 0 Å². The van der Waals surface area contributed by atoms with Crippen molar-refractivity contribution in [1.29, 1.82) is 0 Å². The van der Waals surface area contributed by atoms with Crippen LogP contribution in [0.5, 0.6) is 0 Å². The molecule has 0 unspecified atom stereocenters. The Labute approximate surface area is 114 Å². The fraction of sp³-hybridized carbons (Fsp3) is 0.462. The zero-order valence-electron chi connectivity index (χ0n) is 10.3. The molecule has 19 heavy (non-hydrogen) atoms. The lowest BCUT2D eigenvalue weighted by Gasteiger charge is -2.11. The molecule has 3 nitrogen and oxygen atoms in total. The molecule has 1 saturated carbocycles. The van der Waals surface area contributed by atoms with Crippen LogP contribution in [-0.4, -0.2) is 17.8 Å². The van der Waals surface area contributed by atoms with E-state index in [1.165, 1.54) is 6.07 Å². The number of rotatable bonds is 5. The first-order valence-corrected chi connectivity index (χ1v) is 7.16. The van der Waals surface area contributed by atoms with Crippen LogP contribution in [-0.2, 0) is 9.63 Å². The molecule has 1 aromatic rings. The lowest BCUT2D eigenvalue weighted by molar-refractivity contribution is -0.135. The number of carbonyl (C=O) groups is 1. The summed E-state index contributed by atoms with van der Waals surface area (Å²) < 4.78 is 25.7. The molecule has 1 aliphatic rings. The maximum Gasteiger partial charge on any atom is 0.253 e. The monoisotopic (exact) mass is 287 g/mol. The molecule has 1 amide bonds. The summed E-state index contributed by atoms with van der Waals surface area (Å²) in [5, 5.41) is 0. The third kappa shape index (κ3) is 4.47. The summed E-state index contributed by atoms with van der Waals surface area (Å²) in [7, 11) is 0. The summed E-state index contributed by atoms with van der Waals surface area (Å²) in [5.74, 6) is -1.97. The van der Waals surface area contributed by atoms with Gasteiger partial charge in [0.05, 0.1) is 11.9 Å². The molecule has 2 rings (SSSR count). The normalized spacial score (nSPS) is 15.7. The zero-order chi connectivity index (χ0) is 13.7. The molecule has 1 aromatic carbocycles. The van der Waals surface area contributed by atoms with Crippen LogP contribution in [0.2, 0.25) is 0 Å². The number of benzene rings is 1. The summed E-state index contributed by atoms with van der Waals surface area (Å²) >= 11 is 1.14. The van der Waals surface area contributed by atoms with Gasteiger partial charge in [0, 0.05) is 4.90 Å². The Bertz CT molecular complexity index is 450. The second-order valence-electron chi connectivity index (χ2n) is 4.41. The second-order valence-corrected chi connectivity index (χ2v) is 5.46. The molecular formula is C13H15F2NO2S. The third-order valence-electron chi connectivity index (χ3n) is 2.90. The number of thioether (sulfide) groups is 1. The number of hydrogen-bond acceptors (Lipinski definition) is 3. The molecule has 6 heteroatoms. The Kier molecular flexibility index (Phi) is 5.15. The summed E-state index contributed by atoms with van der Waals surface area (Å²) in [6.07, 6.45) is 4.30. The quantitative estimate of drug-likeness (QED) is 0.668. The van der Waals surface area contributed by atoms with E-state index in [0.29, 0.717) is 4.90 Å². The smallest absolute Gasteiger partial charge is 0.253 e. The van der Waals surface area contributed by atoms with Crippen molar-refractivity contribution < 1.29 is 18.4 Å². The van der Waals surface area contributed by atoms with Gasteiger partial charge in [0.25, 0.3) is 5.91 Å². The highest BCUT2D eigenvalue weighted by molar-refractivity contribution is 8.00. The average Bonchev–Trinajstić information content (AvgIpc) is 2.91. The van der Waals surface area contributed by atoms with Gasteiger partial charge < -0.3 is 0 Å². The van der Waals surface area contributed by atoms with Gasteiger partial charge in [-0.1, -0.05) is 12.8 Å². The van der Waals surface area contributed by atoms with E-state index in [1.807, 2.05) is 0 Å². The van der Waals surface area contributed by atoms with Crippen molar-refractivity contribution in [2.45, 2.75) is 36.7 Å². The average molecular weight is 287 g/mol.